The van der Waals surface area contributed by atoms with Crippen molar-refractivity contribution in [3.05, 3.63) is 60.2 Å². The van der Waals surface area contributed by atoms with Gasteiger partial charge >= 0.3 is 0 Å². The highest BCUT2D eigenvalue weighted by Crippen LogP contribution is 2.27. The van der Waals surface area contributed by atoms with Gasteiger partial charge in [0.2, 0.25) is 11.8 Å². The maximum Gasteiger partial charge on any atom is 0.248 e. The lowest BCUT2D eigenvalue weighted by molar-refractivity contribution is -0.114. The number of rotatable bonds is 5. The highest BCUT2D eigenvalue weighted by atomic mass is 16.5. The maximum absolute atomic E-state index is 12.0. The van der Waals surface area contributed by atoms with E-state index in [2.05, 4.69) is 10.6 Å². The summed E-state index contributed by atoms with van der Waals surface area (Å²) in [5, 5.41) is 5.41. The van der Waals surface area contributed by atoms with Crippen molar-refractivity contribution in [2.24, 2.45) is 0 Å². The van der Waals surface area contributed by atoms with Gasteiger partial charge in [0.1, 0.15) is 5.75 Å². The zero-order valence-electron chi connectivity index (χ0n) is 13.0. The number of amides is 2. The fraction of sp³-hybridized carbons (Fsp3) is 0.111. The molecule has 0 heterocycles. The lowest BCUT2D eigenvalue weighted by Gasteiger charge is -2.11. The normalized spacial score (nSPS) is 10.3. The van der Waals surface area contributed by atoms with E-state index in [0.717, 1.165) is 5.56 Å². The average Bonchev–Trinajstić information content (AvgIpc) is 2.54. The molecule has 118 valence electrons. The van der Waals surface area contributed by atoms with Crippen LogP contribution in [0.3, 0.4) is 0 Å². The first kappa shape index (κ1) is 16.3. The Bertz CT molecular complexity index is 724. The zero-order chi connectivity index (χ0) is 16.7. The van der Waals surface area contributed by atoms with Crippen LogP contribution in [0.1, 0.15) is 12.5 Å². The third-order valence-corrected chi connectivity index (χ3v) is 3.00. The van der Waals surface area contributed by atoms with Crippen LogP contribution in [0.25, 0.3) is 6.08 Å². The molecule has 0 spiro atoms. The number of ether oxygens (including phenoxy) is 1. The molecule has 0 aliphatic rings. The molecule has 5 nitrogen and oxygen atoms in total. The first-order chi connectivity index (χ1) is 11.1. The molecule has 23 heavy (non-hydrogen) atoms. The molecule has 0 saturated carbocycles. The van der Waals surface area contributed by atoms with E-state index in [-0.39, 0.29) is 11.8 Å². The minimum Gasteiger partial charge on any atom is -0.495 e. The van der Waals surface area contributed by atoms with Gasteiger partial charge in [-0.3, -0.25) is 9.59 Å². The molecule has 0 aliphatic heterocycles. The molecule has 2 aromatic carbocycles. The molecule has 0 fully saturated rings. The van der Waals surface area contributed by atoms with Gasteiger partial charge in [-0.25, -0.2) is 0 Å². The first-order valence-corrected chi connectivity index (χ1v) is 7.08. The molecule has 0 atom stereocenters. The number of hydrogen-bond acceptors (Lipinski definition) is 3. The Balaban J connectivity index is 2.08. The van der Waals surface area contributed by atoms with Crippen molar-refractivity contribution < 1.29 is 14.3 Å². The van der Waals surface area contributed by atoms with Crippen LogP contribution in [0.2, 0.25) is 0 Å². The number of benzene rings is 2. The van der Waals surface area contributed by atoms with Gasteiger partial charge in [0, 0.05) is 18.7 Å². The summed E-state index contributed by atoms with van der Waals surface area (Å²) in [5.74, 6) is 0.0570. The lowest BCUT2D eigenvalue weighted by atomic mass is 10.2. The molecule has 0 radical (unpaired) electrons. The molecule has 0 aliphatic carbocycles. The van der Waals surface area contributed by atoms with Crippen LogP contribution in [-0.4, -0.2) is 18.9 Å². The molecule has 2 N–H and O–H groups in total. The molecule has 0 aromatic heterocycles. The number of anilines is 2. The van der Waals surface area contributed by atoms with E-state index in [1.54, 1.807) is 24.3 Å². The van der Waals surface area contributed by atoms with Crippen molar-refractivity contribution in [1.82, 2.24) is 0 Å². The molecule has 2 amide bonds. The summed E-state index contributed by atoms with van der Waals surface area (Å²) < 4.78 is 5.17. The van der Waals surface area contributed by atoms with Crippen molar-refractivity contribution in [1.29, 1.82) is 0 Å². The maximum atomic E-state index is 12.0. The summed E-state index contributed by atoms with van der Waals surface area (Å²) in [7, 11) is 1.52. The van der Waals surface area contributed by atoms with Gasteiger partial charge in [0.15, 0.2) is 0 Å². The van der Waals surface area contributed by atoms with Crippen LogP contribution in [0.5, 0.6) is 5.75 Å². The number of carbonyl (C=O) groups is 2. The number of methoxy groups -OCH3 is 1. The standard InChI is InChI=1S/C18H18N2O3/c1-13(21)19-16-12-15(9-10-17(16)23-2)20-18(22)11-8-14-6-4-3-5-7-14/h3-12H,1-2H3,(H,19,21)(H,20,22)/b11-8+. The lowest BCUT2D eigenvalue weighted by Crippen LogP contribution is -2.10. The first-order valence-electron chi connectivity index (χ1n) is 7.08. The third-order valence-electron chi connectivity index (χ3n) is 3.00. The van der Waals surface area contributed by atoms with Crippen molar-refractivity contribution in [2.45, 2.75) is 6.92 Å². The van der Waals surface area contributed by atoms with Crippen molar-refractivity contribution in [3.63, 3.8) is 0 Å². The van der Waals surface area contributed by atoms with Crippen molar-refractivity contribution in [2.75, 3.05) is 17.7 Å². The second-order valence-corrected chi connectivity index (χ2v) is 4.83. The third kappa shape index (κ3) is 5.00. The Morgan fingerprint density at radius 1 is 1.04 bits per heavy atom. The zero-order valence-corrected chi connectivity index (χ0v) is 13.0. The van der Waals surface area contributed by atoms with Gasteiger partial charge < -0.3 is 15.4 Å². The van der Waals surface area contributed by atoms with E-state index in [0.29, 0.717) is 17.1 Å². The molecule has 0 saturated heterocycles. The van der Waals surface area contributed by atoms with Gasteiger partial charge in [0.05, 0.1) is 12.8 Å². The summed E-state index contributed by atoms with van der Waals surface area (Å²) in [6.07, 6.45) is 3.19. The Hall–Kier alpha value is -3.08. The molecule has 2 aromatic rings. The summed E-state index contributed by atoms with van der Waals surface area (Å²) in [6, 6.07) is 14.6. The fourth-order valence-electron chi connectivity index (χ4n) is 1.99. The van der Waals surface area contributed by atoms with Crippen LogP contribution < -0.4 is 15.4 Å². The monoisotopic (exact) mass is 310 g/mol. The quantitative estimate of drug-likeness (QED) is 0.833. The summed E-state index contributed by atoms with van der Waals surface area (Å²) in [6.45, 7) is 1.41. The minimum absolute atomic E-state index is 0.212. The van der Waals surface area contributed by atoms with Gasteiger partial charge in [0.25, 0.3) is 0 Å². The van der Waals surface area contributed by atoms with Gasteiger partial charge in [-0.2, -0.15) is 0 Å². The summed E-state index contributed by atoms with van der Waals surface area (Å²) in [5.41, 5.74) is 2.01. The van der Waals surface area contributed by atoms with E-state index >= 15 is 0 Å². The van der Waals surface area contributed by atoms with E-state index < -0.39 is 0 Å². The number of hydrogen-bond donors (Lipinski definition) is 2. The molecule has 5 heteroatoms. The van der Waals surface area contributed by atoms with Gasteiger partial charge in [-0.15, -0.1) is 0 Å². The number of nitrogens with one attached hydrogen (secondary N) is 2. The van der Waals surface area contributed by atoms with Crippen LogP contribution in [-0.2, 0) is 9.59 Å². The van der Waals surface area contributed by atoms with E-state index in [1.807, 2.05) is 30.3 Å². The summed E-state index contributed by atoms with van der Waals surface area (Å²) >= 11 is 0. The molecule has 0 bridgehead atoms. The van der Waals surface area contributed by atoms with E-state index in [4.69, 9.17) is 4.74 Å². The van der Waals surface area contributed by atoms with Crippen LogP contribution >= 0.6 is 0 Å². The Labute approximate surface area is 135 Å². The summed E-state index contributed by atoms with van der Waals surface area (Å²) in [4.78, 5) is 23.2. The molecular formula is C18H18N2O3. The molecule has 2 rings (SSSR count). The van der Waals surface area contributed by atoms with Crippen molar-refractivity contribution in [3.8, 4) is 5.75 Å². The smallest absolute Gasteiger partial charge is 0.248 e. The minimum atomic E-state index is -0.257. The Morgan fingerprint density at radius 2 is 1.78 bits per heavy atom. The Morgan fingerprint density at radius 3 is 2.43 bits per heavy atom. The predicted molar refractivity (Wildman–Crippen MR) is 91.4 cm³/mol. The number of carbonyl (C=O) groups excluding carboxylic acids is 2. The van der Waals surface area contributed by atoms with Gasteiger partial charge in [-0.1, -0.05) is 30.3 Å². The molecule has 0 unspecified atom stereocenters. The second-order valence-electron chi connectivity index (χ2n) is 4.83. The fourth-order valence-corrected chi connectivity index (χ4v) is 1.99. The predicted octanol–water partition coefficient (Wildman–Crippen LogP) is 3.31. The van der Waals surface area contributed by atoms with E-state index in [9.17, 15) is 9.59 Å². The van der Waals surface area contributed by atoms with Crippen LogP contribution in [0.15, 0.2) is 54.6 Å². The van der Waals surface area contributed by atoms with Gasteiger partial charge in [-0.05, 0) is 29.8 Å². The van der Waals surface area contributed by atoms with Crippen LogP contribution in [0, 0.1) is 0 Å². The van der Waals surface area contributed by atoms with Crippen molar-refractivity contribution >= 4 is 29.3 Å². The second kappa shape index (κ2) is 7.79. The Kier molecular flexibility index (Phi) is 5.52. The SMILES string of the molecule is COc1ccc(NC(=O)/C=C/c2ccccc2)cc1NC(C)=O. The topological polar surface area (TPSA) is 67.4 Å². The highest BCUT2D eigenvalue weighted by Gasteiger charge is 2.07. The average molecular weight is 310 g/mol. The largest absolute Gasteiger partial charge is 0.495 e. The van der Waals surface area contributed by atoms with Crippen LogP contribution in [0.4, 0.5) is 11.4 Å². The van der Waals surface area contributed by atoms with E-state index in [1.165, 1.54) is 20.1 Å². The highest BCUT2D eigenvalue weighted by molar-refractivity contribution is 6.02. The molecular weight excluding hydrogens is 292 g/mol.